The van der Waals surface area contributed by atoms with Gasteiger partial charge in [0.05, 0.1) is 18.0 Å². The van der Waals surface area contributed by atoms with Crippen molar-refractivity contribution in [3.05, 3.63) is 50.6 Å². The van der Waals surface area contributed by atoms with Gasteiger partial charge in [0, 0.05) is 24.5 Å². The van der Waals surface area contributed by atoms with E-state index in [1.54, 1.807) is 43.6 Å². The first kappa shape index (κ1) is 17.6. The van der Waals surface area contributed by atoms with Crippen molar-refractivity contribution >= 4 is 39.2 Å². The second-order valence-electron chi connectivity index (χ2n) is 4.86. The number of nitrogens with zero attached hydrogens (tertiary/aromatic N) is 1. The number of rotatable bonds is 6. The van der Waals surface area contributed by atoms with Crippen LogP contribution in [0.1, 0.15) is 10.4 Å². The van der Waals surface area contributed by atoms with Crippen molar-refractivity contribution in [2.75, 3.05) is 21.3 Å². The number of methoxy groups -OCH3 is 2. The molecule has 0 N–H and O–H groups in total. The molecule has 2 rings (SSSR count). The molecule has 0 aliphatic rings. The van der Waals surface area contributed by atoms with Gasteiger partial charge < -0.3 is 14.4 Å². The van der Waals surface area contributed by atoms with Crippen LogP contribution in [0.25, 0.3) is 6.08 Å². The summed E-state index contributed by atoms with van der Waals surface area (Å²) in [7, 11) is 4.97. The van der Waals surface area contributed by atoms with E-state index in [-0.39, 0.29) is 5.91 Å². The second-order valence-corrected chi connectivity index (χ2v) is 7.35. The molecule has 0 fully saturated rings. The van der Waals surface area contributed by atoms with Crippen molar-refractivity contribution < 1.29 is 14.3 Å². The minimum Gasteiger partial charge on any atom is -0.493 e. The molecule has 4 nitrogen and oxygen atoms in total. The van der Waals surface area contributed by atoms with Crippen LogP contribution in [0.5, 0.6) is 11.5 Å². The van der Waals surface area contributed by atoms with Crippen LogP contribution < -0.4 is 9.47 Å². The molecular formula is C17H18BrNO3S. The van der Waals surface area contributed by atoms with Gasteiger partial charge in [-0.2, -0.15) is 0 Å². The van der Waals surface area contributed by atoms with Gasteiger partial charge in [0.2, 0.25) is 5.91 Å². The molecule has 0 spiro atoms. The van der Waals surface area contributed by atoms with E-state index < -0.39 is 0 Å². The van der Waals surface area contributed by atoms with E-state index in [1.807, 2.05) is 36.4 Å². The predicted octanol–water partition coefficient (Wildman–Crippen LogP) is 4.20. The van der Waals surface area contributed by atoms with Gasteiger partial charge in [0.25, 0.3) is 0 Å². The van der Waals surface area contributed by atoms with Crippen molar-refractivity contribution in [3.8, 4) is 11.5 Å². The lowest BCUT2D eigenvalue weighted by atomic mass is 10.2. The van der Waals surface area contributed by atoms with Gasteiger partial charge in [-0.15, -0.1) is 11.3 Å². The molecule has 6 heteroatoms. The van der Waals surface area contributed by atoms with Gasteiger partial charge >= 0.3 is 0 Å². The molecule has 0 aliphatic carbocycles. The average molecular weight is 396 g/mol. The van der Waals surface area contributed by atoms with Crippen LogP contribution in [0.4, 0.5) is 0 Å². The first-order valence-electron chi connectivity index (χ1n) is 6.93. The Hall–Kier alpha value is -1.79. The Kier molecular flexibility index (Phi) is 6.24. The first-order valence-corrected chi connectivity index (χ1v) is 8.54. The fourth-order valence-corrected chi connectivity index (χ4v) is 3.36. The molecule has 1 aromatic carbocycles. The monoisotopic (exact) mass is 395 g/mol. The Balaban J connectivity index is 2.02. The summed E-state index contributed by atoms with van der Waals surface area (Å²) in [4.78, 5) is 14.9. The normalized spacial score (nSPS) is 10.8. The van der Waals surface area contributed by atoms with E-state index in [0.29, 0.717) is 18.0 Å². The SMILES string of the molecule is COc1ccc(CN(C)C(=O)/C=C/c2ccc(Br)s2)cc1OC. The van der Waals surface area contributed by atoms with Gasteiger partial charge in [-0.3, -0.25) is 4.79 Å². The number of halogens is 1. The number of thiophene rings is 1. The van der Waals surface area contributed by atoms with Crippen molar-refractivity contribution in [2.24, 2.45) is 0 Å². The van der Waals surface area contributed by atoms with E-state index in [0.717, 1.165) is 14.2 Å². The molecule has 1 amide bonds. The van der Waals surface area contributed by atoms with Crippen LogP contribution in [0.2, 0.25) is 0 Å². The van der Waals surface area contributed by atoms with E-state index >= 15 is 0 Å². The topological polar surface area (TPSA) is 38.8 Å². The molecule has 2 aromatic rings. The highest BCUT2D eigenvalue weighted by Gasteiger charge is 2.09. The van der Waals surface area contributed by atoms with Crippen LogP contribution in [0.15, 0.2) is 40.2 Å². The molecule has 0 bridgehead atoms. The third kappa shape index (κ3) is 4.84. The highest BCUT2D eigenvalue weighted by molar-refractivity contribution is 9.11. The second kappa shape index (κ2) is 8.17. The zero-order valence-corrected chi connectivity index (χ0v) is 15.6. The predicted molar refractivity (Wildman–Crippen MR) is 97.1 cm³/mol. The summed E-state index contributed by atoms with van der Waals surface area (Å²) < 4.78 is 11.5. The van der Waals surface area contributed by atoms with Gasteiger partial charge in [-0.05, 0) is 51.8 Å². The van der Waals surface area contributed by atoms with Crippen molar-refractivity contribution in [1.29, 1.82) is 0 Å². The van der Waals surface area contributed by atoms with Gasteiger partial charge in [0.1, 0.15) is 0 Å². The zero-order chi connectivity index (χ0) is 16.8. The highest BCUT2D eigenvalue weighted by Crippen LogP contribution is 2.28. The lowest BCUT2D eigenvalue weighted by Crippen LogP contribution is -2.24. The molecule has 23 heavy (non-hydrogen) atoms. The minimum absolute atomic E-state index is 0.0516. The fourth-order valence-electron chi connectivity index (χ4n) is 2.03. The zero-order valence-electron chi connectivity index (χ0n) is 13.2. The summed E-state index contributed by atoms with van der Waals surface area (Å²) in [5.41, 5.74) is 0.978. The van der Waals surface area contributed by atoms with E-state index in [1.165, 1.54) is 0 Å². The Morgan fingerprint density at radius 2 is 1.96 bits per heavy atom. The summed E-state index contributed by atoms with van der Waals surface area (Å²) in [5.74, 6) is 1.28. The van der Waals surface area contributed by atoms with Crippen LogP contribution in [0.3, 0.4) is 0 Å². The summed E-state index contributed by atoms with van der Waals surface area (Å²) in [6.45, 7) is 0.498. The smallest absolute Gasteiger partial charge is 0.246 e. The van der Waals surface area contributed by atoms with Crippen LogP contribution in [-0.4, -0.2) is 32.1 Å². The van der Waals surface area contributed by atoms with Crippen molar-refractivity contribution in [3.63, 3.8) is 0 Å². The minimum atomic E-state index is -0.0516. The summed E-state index contributed by atoms with van der Waals surface area (Å²) in [5, 5.41) is 0. The third-order valence-corrected chi connectivity index (χ3v) is 4.82. The largest absolute Gasteiger partial charge is 0.493 e. The van der Waals surface area contributed by atoms with E-state index in [2.05, 4.69) is 15.9 Å². The number of carbonyl (C=O) groups excluding carboxylic acids is 1. The quantitative estimate of drug-likeness (QED) is 0.687. The van der Waals surface area contributed by atoms with E-state index in [9.17, 15) is 4.79 Å². The summed E-state index contributed by atoms with van der Waals surface area (Å²) >= 11 is 4.99. The molecule has 1 aromatic heterocycles. The van der Waals surface area contributed by atoms with Gasteiger partial charge in [-0.1, -0.05) is 6.07 Å². The Morgan fingerprint density at radius 1 is 1.22 bits per heavy atom. The third-order valence-electron chi connectivity index (χ3n) is 3.23. The molecule has 122 valence electrons. The number of hydrogen-bond donors (Lipinski definition) is 0. The maximum Gasteiger partial charge on any atom is 0.246 e. The van der Waals surface area contributed by atoms with Crippen molar-refractivity contribution in [2.45, 2.75) is 6.54 Å². The molecule has 1 heterocycles. The number of likely N-dealkylation sites (N-methyl/N-ethyl adjacent to an activating group) is 1. The van der Waals surface area contributed by atoms with Gasteiger partial charge in [-0.25, -0.2) is 0 Å². The van der Waals surface area contributed by atoms with E-state index in [4.69, 9.17) is 9.47 Å². The fraction of sp³-hybridized carbons (Fsp3) is 0.235. The molecule has 0 aliphatic heterocycles. The van der Waals surface area contributed by atoms with Gasteiger partial charge in [0.15, 0.2) is 11.5 Å². The number of hydrogen-bond acceptors (Lipinski definition) is 4. The van der Waals surface area contributed by atoms with Crippen molar-refractivity contribution in [1.82, 2.24) is 4.90 Å². The molecule has 0 atom stereocenters. The summed E-state index contributed by atoms with van der Waals surface area (Å²) in [6, 6.07) is 9.56. The number of carbonyl (C=O) groups is 1. The summed E-state index contributed by atoms with van der Waals surface area (Å²) in [6.07, 6.45) is 3.40. The Labute approximate surface area is 148 Å². The molecular weight excluding hydrogens is 378 g/mol. The number of amides is 1. The lowest BCUT2D eigenvalue weighted by molar-refractivity contribution is -0.125. The molecule has 0 radical (unpaired) electrons. The maximum atomic E-state index is 12.2. The highest BCUT2D eigenvalue weighted by atomic mass is 79.9. The maximum absolute atomic E-state index is 12.2. The number of benzene rings is 1. The Bertz CT molecular complexity index is 712. The first-order chi connectivity index (χ1) is 11.0. The van der Waals surface area contributed by atoms with Crippen LogP contribution >= 0.6 is 27.3 Å². The average Bonchev–Trinajstić information content (AvgIpc) is 2.97. The standard InChI is InChI=1S/C17H18BrNO3S/c1-19(17(20)9-6-13-5-8-16(18)23-13)11-12-4-7-14(21-2)15(10-12)22-3/h4-10H,11H2,1-3H3/b9-6+. The van der Waals surface area contributed by atoms with Crippen LogP contribution in [-0.2, 0) is 11.3 Å². The molecule has 0 saturated heterocycles. The Morgan fingerprint density at radius 3 is 2.57 bits per heavy atom. The van der Waals surface area contributed by atoms with Crippen LogP contribution in [0, 0.1) is 0 Å². The lowest BCUT2D eigenvalue weighted by Gasteiger charge is -2.16. The molecule has 0 unspecified atom stereocenters. The molecule has 0 saturated carbocycles. The number of ether oxygens (including phenoxy) is 2.